The van der Waals surface area contributed by atoms with Gasteiger partial charge < -0.3 is 4.74 Å². The van der Waals surface area contributed by atoms with Crippen LogP contribution >= 0.6 is 0 Å². The van der Waals surface area contributed by atoms with Gasteiger partial charge in [-0.3, -0.25) is 4.79 Å². The molecule has 26 heavy (non-hydrogen) atoms. The lowest BCUT2D eigenvalue weighted by atomic mass is 9.89. The van der Waals surface area contributed by atoms with Gasteiger partial charge in [-0.2, -0.15) is 5.10 Å². The quantitative estimate of drug-likeness (QED) is 0.866. The summed E-state index contributed by atoms with van der Waals surface area (Å²) in [7, 11) is -4.15. The minimum atomic E-state index is -4.15. The molecular formula is C17H16FN3O4S. The van der Waals surface area contributed by atoms with Crippen LogP contribution < -0.4 is 4.72 Å². The van der Waals surface area contributed by atoms with Crippen molar-refractivity contribution < 1.29 is 22.3 Å². The molecule has 2 saturated heterocycles. The van der Waals surface area contributed by atoms with Crippen LogP contribution in [0.4, 0.5) is 4.39 Å². The van der Waals surface area contributed by atoms with E-state index in [0.29, 0.717) is 18.3 Å². The number of fused-ring (bicyclic) bond motifs is 5. The molecule has 7 nitrogen and oxygen atoms in total. The van der Waals surface area contributed by atoms with E-state index >= 15 is 0 Å². The molecule has 3 heterocycles. The van der Waals surface area contributed by atoms with Crippen molar-refractivity contribution in [2.75, 3.05) is 0 Å². The van der Waals surface area contributed by atoms with Crippen molar-refractivity contribution in [2.24, 2.45) is 17.8 Å². The smallest absolute Gasteiger partial charge is 0.264 e. The molecule has 3 fully saturated rings. The summed E-state index contributed by atoms with van der Waals surface area (Å²) in [6.45, 7) is 0. The Hall–Kier alpha value is -2.26. The van der Waals surface area contributed by atoms with Gasteiger partial charge in [0.15, 0.2) is 0 Å². The van der Waals surface area contributed by atoms with Crippen LogP contribution in [0, 0.1) is 23.6 Å². The largest absolute Gasteiger partial charge is 0.374 e. The molecule has 0 unspecified atom stereocenters. The number of rotatable bonds is 4. The Morgan fingerprint density at radius 1 is 1.31 bits per heavy atom. The number of hydrogen-bond acceptors (Lipinski definition) is 5. The average Bonchev–Trinajstić information content (AvgIpc) is 2.98. The molecule has 2 aliphatic heterocycles. The van der Waals surface area contributed by atoms with E-state index in [4.69, 9.17) is 4.74 Å². The predicted octanol–water partition coefficient (Wildman–Crippen LogP) is 1.24. The van der Waals surface area contributed by atoms with Crippen molar-refractivity contribution in [1.29, 1.82) is 0 Å². The number of hydrogen-bond donors (Lipinski definition) is 1. The van der Waals surface area contributed by atoms with Crippen LogP contribution in [0.25, 0.3) is 5.69 Å². The molecule has 1 aliphatic carbocycles. The number of nitrogens with one attached hydrogen (secondary N) is 1. The lowest BCUT2D eigenvalue weighted by molar-refractivity contribution is -0.125. The van der Waals surface area contributed by atoms with E-state index in [2.05, 4.69) is 9.82 Å². The number of amides is 1. The van der Waals surface area contributed by atoms with Crippen LogP contribution in [0.2, 0.25) is 0 Å². The Kier molecular flexibility index (Phi) is 3.29. The van der Waals surface area contributed by atoms with Gasteiger partial charge in [0.1, 0.15) is 11.5 Å². The van der Waals surface area contributed by atoms with Crippen molar-refractivity contribution in [3.63, 3.8) is 0 Å². The Morgan fingerprint density at radius 3 is 2.81 bits per heavy atom. The minimum Gasteiger partial charge on any atom is -0.374 e. The Bertz CT molecular complexity index is 991. The van der Waals surface area contributed by atoms with Crippen molar-refractivity contribution in [2.45, 2.75) is 29.9 Å². The fourth-order valence-electron chi connectivity index (χ4n) is 4.23. The fraction of sp³-hybridized carbons (Fsp3) is 0.412. The van der Waals surface area contributed by atoms with Gasteiger partial charge in [-0.1, -0.05) is 0 Å². The monoisotopic (exact) mass is 377 g/mol. The third-order valence-electron chi connectivity index (χ3n) is 5.56. The second kappa shape index (κ2) is 5.37. The van der Waals surface area contributed by atoms with Gasteiger partial charge in [-0.05, 0) is 48.9 Å². The first-order valence-corrected chi connectivity index (χ1v) is 9.94. The molecule has 3 aliphatic rings. The number of benzene rings is 1. The van der Waals surface area contributed by atoms with E-state index in [-0.39, 0.29) is 22.8 Å². The maximum Gasteiger partial charge on any atom is 0.264 e. The minimum absolute atomic E-state index is 0.0780. The van der Waals surface area contributed by atoms with Crippen LogP contribution in [0.3, 0.4) is 0 Å². The van der Waals surface area contributed by atoms with Crippen molar-refractivity contribution in [3.8, 4) is 5.69 Å². The SMILES string of the molecule is O=C(NS(=O)(=O)c1ccc(-n2cccn2)c(F)c1)[C@@H]1C[C@@H]2O[C@H]1[C@H]1C[C@H]12. The first kappa shape index (κ1) is 16.0. The molecule has 0 radical (unpaired) electrons. The number of nitrogens with zero attached hydrogens (tertiary/aromatic N) is 2. The fourth-order valence-corrected chi connectivity index (χ4v) is 5.27. The summed E-state index contributed by atoms with van der Waals surface area (Å²) in [6.07, 6.45) is 4.56. The predicted molar refractivity (Wildman–Crippen MR) is 87.2 cm³/mol. The topological polar surface area (TPSA) is 90.3 Å². The lowest BCUT2D eigenvalue weighted by Crippen LogP contribution is -2.40. The molecule has 5 rings (SSSR count). The number of carbonyl (C=O) groups excluding carboxylic acids is 1. The van der Waals surface area contributed by atoms with Crippen LogP contribution in [0.15, 0.2) is 41.6 Å². The highest BCUT2D eigenvalue weighted by Crippen LogP contribution is 2.60. The highest BCUT2D eigenvalue weighted by molar-refractivity contribution is 7.90. The summed E-state index contributed by atoms with van der Waals surface area (Å²) < 4.78 is 48.4. The van der Waals surface area contributed by atoms with E-state index in [0.717, 1.165) is 12.5 Å². The Morgan fingerprint density at radius 2 is 2.15 bits per heavy atom. The van der Waals surface area contributed by atoms with Crippen LogP contribution in [0.5, 0.6) is 0 Å². The Labute approximate surface area is 149 Å². The summed E-state index contributed by atoms with van der Waals surface area (Å²) in [5.74, 6) is -0.832. The zero-order chi connectivity index (χ0) is 18.1. The van der Waals surface area contributed by atoms with Gasteiger partial charge in [-0.15, -0.1) is 0 Å². The number of ether oxygens (including phenoxy) is 1. The highest BCUT2D eigenvalue weighted by atomic mass is 32.2. The molecular weight excluding hydrogens is 361 g/mol. The molecule has 2 aromatic rings. The molecule has 1 saturated carbocycles. The van der Waals surface area contributed by atoms with E-state index < -0.39 is 27.7 Å². The van der Waals surface area contributed by atoms with Crippen LogP contribution in [0.1, 0.15) is 12.8 Å². The second-order valence-corrected chi connectivity index (χ2v) is 8.76. The van der Waals surface area contributed by atoms with E-state index in [9.17, 15) is 17.6 Å². The molecule has 9 heteroatoms. The summed E-state index contributed by atoms with van der Waals surface area (Å²) in [5, 5.41) is 3.92. The second-order valence-electron chi connectivity index (χ2n) is 7.08. The third-order valence-corrected chi connectivity index (χ3v) is 6.90. The number of aromatic nitrogens is 2. The summed E-state index contributed by atoms with van der Waals surface area (Å²) in [4.78, 5) is 12.2. The zero-order valence-electron chi connectivity index (χ0n) is 13.6. The van der Waals surface area contributed by atoms with Gasteiger partial charge in [0.25, 0.3) is 10.0 Å². The number of halogens is 1. The summed E-state index contributed by atoms with van der Waals surface area (Å²) in [6, 6.07) is 5.09. The zero-order valence-corrected chi connectivity index (χ0v) is 14.4. The van der Waals surface area contributed by atoms with Gasteiger partial charge in [0, 0.05) is 12.4 Å². The molecule has 0 spiro atoms. The van der Waals surface area contributed by atoms with E-state index in [1.165, 1.54) is 23.0 Å². The average molecular weight is 377 g/mol. The number of sulfonamides is 1. The first-order chi connectivity index (χ1) is 12.4. The lowest BCUT2D eigenvalue weighted by Gasteiger charge is -2.18. The van der Waals surface area contributed by atoms with Gasteiger partial charge in [0.2, 0.25) is 5.91 Å². The molecule has 2 bridgehead atoms. The molecule has 136 valence electrons. The van der Waals surface area contributed by atoms with E-state index in [1.54, 1.807) is 12.3 Å². The summed E-state index contributed by atoms with van der Waals surface area (Å²) >= 11 is 0. The standard InChI is InChI=1S/C17H16FN3O4S/c18-13-6-9(2-3-14(13)21-5-1-4-19-21)26(23,24)20-17(22)12-8-15-10-7-11(10)16(12)25-15/h1-6,10-12,15-16H,7-8H2,(H,20,22)/t10-,11+,12-,15+,16+/m1/s1. The summed E-state index contributed by atoms with van der Waals surface area (Å²) in [5.41, 5.74) is 0.126. The van der Waals surface area contributed by atoms with E-state index in [1.807, 2.05) is 0 Å². The molecule has 5 atom stereocenters. The maximum absolute atomic E-state index is 14.3. The van der Waals surface area contributed by atoms with Crippen LogP contribution in [-0.4, -0.2) is 36.3 Å². The molecule has 1 N–H and O–H groups in total. The Balaban J connectivity index is 1.36. The molecule has 1 amide bonds. The molecule has 1 aromatic heterocycles. The first-order valence-electron chi connectivity index (χ1n) is 8.46. The van der Waals surface area contributed by atoms with Crippen molar-refractivity contribution in [1.82, 2.24) is 14.5 Å². The van der Waals surface area contributed by atoms with Gasteiger partial charge in [0.05, 0.1) is 23.0 Å². The van der Waals surface area contributed by atoms with Crippen LogP contribution in [-0.2, 0) is 19.6 Å². The maximum atomic E-state index is 14.3. The van der Waals surface area contributed by atoms with Gasteiger partial charge >= 0.3 is 0 Å². The third kappa shape index (κ3) is 2.38. The number of carbonyl (C=O) groups is 1. The highest BCUT2D eigenvalue weighted by Gasteiger charge is 2.64. The van der Waals surface area contributed by atoms with Gasteiger partial charge in [-0.25, -0.2) is 22.2 Å². The van der Waals surface area contributed by atoms with Crippen molar-refractivity contribution in [3.05, 3.63) is 42.5 Å². The normalized spacial score (nSPS) is 31.7. The molecule has 1 aromatic carbocycles. The van der Waals surface area contributed by atoms with Crippen molar-refractivity contribution >= 4 is 15.9 Å².